The van der Waals surface area contributed by atoms with Crippen LogP contribution >= 0.6 is 0 Å². The first kappa shape index (κ1) is 37.3. The number of carbonyl (C=O) groups is 4. The van der Waals surface area contributed by atoms with Crippen LogP contribution in [0.5, 0.6) is 11.5 Å². The van der Waals surface area contributed by atoms with Crippen LogP contribution in [0.4, 0.5) is 0 Å². The molecule has 2 aliphatic heterocycles. The highest BCUT2D eigenvalue weighted by Gasteiger charge is 2.53. The molecule has 16 heteroatoms. The first-order chi connectivity index (χ1) is 24.7. The fourth-order valence-electron chi connectivity index (χ4n) is 6.02. The van der Waals surface area contributed by atoms with Gasteiger partial charge in [0.1, 0.15) is 48.2 Å². The molecule has 3 aromatic rings. The van der Waals surface area contributed by atoms with Gasteiger partial charge in [-0.3, -0.25) is 19.2 Å². The number of nitrogens with two attached hydrogens (primary N) is 1. The molecule has 2 aromatic carbocycles. The van der Waals surface area contributed by atoms with Crippen molar-refractivity contribution >= 4 is 23.9 Å². The van der Waals surface area contributed by atoms with E-state index in [-0.39, 0.29) is 19.1 Å². The summed E-state index contributed by atoms with van der Waals surface area (Å²) in [6, 6.07) is 15.4. The monoisotopic (exact) mass is 717 g/mol. The summed E-state index contributed by atoms with van der Waals surface area (Å²) < 4.78 is 40.8. The second kappa shape index (κ2) is 15.9. The predicted molar refractivity (Wildman–Crippen MR) is 178 cm³/mol. The van der Waals surface area contributed by atoms with Gasteiger partial charge < -0.3 is 38.9 Å². The van der Waals surface area contributed by atoms with Gasteiger partial charge in [-0.05, 0) is 23.1 Å². The van der Waals surface area contributed by atoms with Crippen LogP contribution in [0, 0.1) is 11.3 Å². The predicted octanol–water partition coefficient (Wildman–Crippen LogP) is 3.45. The number of allylic oxidation sites excluding steroid dienone is 1. The molecule has 0 amide bonds. The molecule has 0 radical (unpaired) electrons. The third-order valence-electron chi connectivity index (χ3n) is 8.30. The number of nitrogens with zero attached hydrogens (tertiary/aromatic N) is 4. The maximum Gasteiger partial charge on any atom is 0.303 e. The zero-order valence-electron chi connectivity index (χ0n) is 29.4. The zero-order valence-corrected chi connectivity index (χ0v) is 29.4. The quantitative estimate of drug-likeness (QED) is 0.222. The molecule has 0 spiro atoms. The Balaban J connectivity index is 1.38. The van der Waals surface area contributed by atoms with Gasteiger partial charge in [0.2, 0.25) is 5.88 Å². The van der Waals surface area contributed by atoms with Crippen LogP contribution in [0.3, 0.4) is 0 Å². The number of rotatable bonds is 11. The third kappa shape index (κ3) is 8.49. The summed E-state index contributed by atoms with van der Waals surface area (Å²) in [6.07, 6.45) is -5.01. The first-order valence-electron chi connectivity index (χ1n) is 16.4. The van der Waals surface area contributed by atoms with E-state index in [1.54, 1.807) is 12.1 Å². The molecular formula is C36H39N5O11. The van der Waals surface area contributed by atoms with Crippen molar-refractivity contribution in [3.05, 3.63) is 82.5 Å². The maximum absolute atomic E-state index is 12.2. The van der Waals surface area contributed by atoms with E-state index in [0.717, 1.165) is 31.9 Å². The molecule has 5 rings (SSSR count). The smallest absolute Gasteiger partial charge is 0.303 e. The Morgan fingerprint density at radius 3 is 2.19 bits per heavy atom. The highest BCUT2D eigenvalue weighted by molar-refractivity contribution is 5.69. The first-order valence-corrected chi connectivity index (χ1v) is 16.4. The molecule has 16 nitrogen and oxygen atoms in total. The molecule has 1 unspecified atom stereocenters. The molecule has 2 N–H and O–H groups in total. The van der Waals surface area contributed by atoms with Gasteiger partial charge in [0.15, 0.2) is 24.5 Å². The van der Waals surface area contributed by atoms with Crippen LogP contribution in [-0.4, -0.2) is 69.9 Å². The molecule has 3 heterocycles. The van der Waals surface area contributed by atoms with E-state index in [1.807, 2.05) is 30.3 Å². The molecule has 1 aromatic heterocycles. The van der Waals surface area contributed by atoms with Crippen LogP contribution in [0.25, 0.3) is 0 Å². The highest BCUT2D eigenvalue weighted by Crippen LogP contribution is 2.44. The SMILES string of the molecule is CC(=O)OC[C@H]1O[C@@H](n2cc(COc3ccc4c(c3)OC(N)=C(C#N)C4c3ccc(C(C)C)cc3)nn2)[C@H](OC(C)=O)[C@@H](OC(C)=O)[C@@H]1OC(C)=O. The second-order valence-electron chi connectivity index (χ2n) is 12.5. The fourth-order valence-corrected chi connectivity index (χ4v) is 6.02. The lowest BCUT2D eigenvalue weighted by molar-refractivity contribution is -0.270. The average Bonchev–Trinajstić information content (AvgIpc) is 3.56. The summed E-state index contributed by atoms with van der Waals surface area (Å²) >= 11 is 0. The summed E-state index contributed by atoms with van der Waals surface area (Å²) in [5, 5.41) is 18.2. The number of aromatic nitrogens is 3. The molecular weight excluding hydrogens is 678 g/mol. The van der Waals surface area contributed by atoms with Crippen molar-refractivity contribution in [3.8, 4) is 17.6 Å². The van der Waals surface area contributed by atoms with Crippen LogP contribution < -0.4 is 15.2 Å². The molecule has 1 fully saturated rings. The number of hydrogen-bond donors (Lipinski definition) is 1. The van der Waals surface area contributed by atoms with Crippen LogP contribution in [0.2, 0.25) is 0 Å². The van der Waals surface area contributed by atoms with Crippen molar-refractivity contribution in [1.82, 2.24) is 15.0 Å². The average molecular weight is 718 g/mol. The fraction of sp³-hybridized carbons (Fsp3) is 0.417. The van der Waals surface area contributed by atoms with E-state index in [9.17, 15) is 24.4 Å². The van der Waals surface area contributed by atoms with Crippen LogP contribution in [0.15, 0.2) is 60.1 Å². The lowest BCUT2D eigenvalue weighted by Gasteiger charge is -2.44. The third-order valence-corrected chi connectivity index (χ3v) is 8.30. The van der Waals surface area contributed by atoms with E-state index < -0.39 is 60.4 Å². The number of hydrogen-bond acceptors (Lipinski definition) is 15. The van der Waals surface area contributed by atoms with Crippen LogP contribution in [-0.2, 0) is 49.5 Å². The highest BCUT2D eigenvalue weighted by atomic mass is 16.7. The van der Waals surface area contributed by atoms with E-state index in [0.29, 0.717) is 28.7 Å². The summed E-state index contributed by atoms with van der Waals surface area (Å²) in [4.78, 5) is 48.1. The summed E-state index contributed by atoms with van der Waals surface area (Å²) in [5.41, 5.74) is 9.63. The summed E-state index contributed by atoms with van der Waals surface area (Å²) in [5.74, 6) is -2.16. The number of benzene rings is 2. The molecule has 0 aliphatic carbocycles. The van der Waals surface area contributed by atoms with Crippen molar-refractivity contribution in [3.63, 3.8) is 0 Å². The van der Waals surface area contributed by atoms with Gasteiger partial charge in [-0.15, -0.1) is 5.10 Å². The van der Waals surface area contributed by atoms with E-state index in [1.165, 1.54) is 23.4 Å². The van der Waals surface area contributed by atoms with Gasteiger partial charge in [0, 0.05) is 39.3 Å². The normalized spacial score (nSPS) is 22.3. The zero-order chi connectivity index (χ0) is 37.7. The van der Waals surface area contributed by atoms with E-state index in [2.05, 4.69) is 30.2 Å². The molecule has 274 valence electrons. The molecule has 6 atom stereocenters. The molecule has 0 saturated carbocycles. The Morgan fingerprint density at radius 1 is 0.923 bits per heavy atom. The number of nitriles is 1. The Morgan fingerprint density at radius 2 is 1.58 bits per heavy atom. The van der Waals surface area contributed by atoms with Crippen molar-refractivity contribution < 1.29 is 52.3 Å². The topological polar surface area (TPSA) is 213 Å². The molecule has 0 bridgehead atoms. The minimum absolute atomic E-state index is 0.00199. The number of carbonyl (C=O) groups excluding carboxylic acids is 4. The minimum Gasteiger partial charge on any atom is -0.487 e. The Bertz CT molecular complexity index is 1900. The van der Waals surface area contributed by atoms with Gasteiger partial charge in [-0.2, -0.15) is 5.26 Å². The van der Waals surface area contributed by atoms with Gasteiger partial charge in [0.05, 0.1) is 12.1 Å². The number of ether oxygens (including phenoxy) is 7. The van der Waals surface area contributed by atoms with Gasteiger partial charge >= 0.3 is 23.9 Å². The minimum atomic E-state index is -1.37. The maximum atomic E-state index is 12.2. The second-order valence-corrected chi connectivity index (χ2v) is 12.5. The Labute approximate surface area is 299 Å². The van der Waals surface area contributed by atoms with Gasteiger partial charge in [-0.25, -0.2) is 4.68 Å². The van der Waals surface area contributed by atoms with Crippen molar-refractivity contribution in [2.24, 2.45) is 5.73 Å². The van der Waals surface area contributed by atoms with Gasteiger partial charge in [0.25, 0.3) is 0 Å². The van der Waals surface area contributed by atoms with Crippen LogP contribution in [0.1, 0.15) is 82.0 Å². The molecule has 2 aliphatic rings. The Hall–Kier alpha value is -5.95. The molecule has 1 saturated heterocycles. The van der Waals surface area contributed by atoms with E-state index in [4.69, 9.17) is 38.9 Å². The summed E-state index contributed by atoms with van der Waals surface area (Å²) in [7, 11) is 0. The Kier molecular flexibility index (Phi) is 11.4. The van der Waals surface area contributed by atoms with E-state index >= 15 is 0 Å². The number of esters is 4. The summed E-state index contributed by atoms with van der Waals surface area (Å²) in [6.45, 7) is 8.34. The molecule has 52 heavy (non-hydrogen) atoms. The van der Waals surface area contributed by atoms with Crippen molar-refractivity contribution in [1.29, 1.82) is 5.26 Å². The van der Waals surface area contributed by atoms with Crippen molar-refractivity contribution in [2.45, 2.75) is 90.6 Å². The largest absolute Gasteiger partial charge is 0.487 e. The number of fused-ring (bicyclic) bond motifs is 1. The lowest BCUT2D eigenvalue weighted by Crippen LogP contribution is -2.60. The standard InChI is InChI=1S/C36H39N5O11/c1-18(2)23-7-9-24(10-8-23)31-27-12-11-26(13-29(27)51-35(38)28(31)14-37)47-16-25-15-41(40-39-25)36-34(50-22(6)45)33(49-21(5)44)32(48-20(4)43)30(52-36)17-46-19(3)42/h7-13,15,18,30-34,36H,16-17,38H2,1-6H3/t30-,31?,32-,33+,34-,36-/m1/s1. The lowest BCUT2D eigenvalue weighted by atomic mass is 9.83. The van der Waals surface area contributed by atoms with Crippen molar-refractivity contribution in [2.75, 3.05) is 6.61 Å². The van der Waals surface area contributed by atoms with Gasteiger partial charge in [-0.1, -0.05) is 49.4 Å².